The van der Waals surface area contributed by atoms with Crippen LogP contribution in [0.25, 0.3) is 0 Å². The van der Waals surface area contributed by atoms with Crippen LogP contribution in [0, 0.1) is 11.8 Å². The Morgan fingerprint density at radius 3 is 2.64 bits per heavy atom. The summed E-state index contributed by atoms with van der Waals surface area (Å²) in [7, 11) is 0. The molecule has 2 rings (SSSR count). The number of carbonyl (C=O) groups excluding carboxylic acids is 1. The molecule has 0 aromatic heterocycles. The molecule has 2 fully saturated rings. The Hall–Kier alpha value is -0.320. The molecule has 0 radical (unpaired) electrons. The maximum Gasteiger partial charge on any atom is 0.403 e. The van der Waals surface area contributed by atoms with E-state index in [0.717, 1.165) is 12.8 Å². The fraction of sp³-hybridized carbons (Fsp3) is 0.889. The summed E-state index contributed by atoms with van der Waals surface area (Å²) in [5, 5.41) is 9.17. The lowest BCUT2D eigenvalue weighted by Crippen LogP contribution is -2.33. The van der Waals surface area contributed by atoms with Crippen LogP contribution in [0.2, 0.25) is 0 Å². The van der Waals surface area contributed by atoms with Crippen LogP contribution in [0.4, 0.5) is 4.79 Å². The highest BCUT2D eigenvalue weighted by molar-refractivity contribution is 6.61. The quantitative estimate of drug-likeness (QED) is 0.725. The summed E-state index contributed by atoms with van der Waals surface area (Å²) in [4.78, 5) is 10.4. The maximum absolute atomic E-state index is 10.4. The van der Waals surface area contributed by atoms with E-state index in [1.165, 1.54) is 0 Å². The number of halogens is 1. The fourth-order valence-electron chi connectivity index (χ4n) is 2.52. The summed E-state index contributed by atoms with van der Waals surface area (Å²) >= 11 is 5.08. The van der Waals surface area contributed by atoms with E-state index in [2.05, 4.69) is 0 Å². The van der Waals surface area contributed by atoms with E-state index in [1.54, 1.807) is 0 Å². The second kappa shape index (κ2) is 4.04. The highest BCUT2D eigenvalue weighted by Gasteiger charge is 2.48. The number of rotatable bonds is 3. The van der Waals surface area contributed by atoms with Gasteiger partial charge in [-0.25, -0.2) is 4.79 Å². The van der Waals surface area contributed by atoms with Crippen molar-refractivity contribution < 1.29 is 19.4 Å². The molecule has 14 heavy (non-hydrogen) atoms. The molecule has 4 atom stereocenters. The molecule has 4 unspecified atom stereocenters. The standard InChI is InChI=1S/C9H13ClO4/c10-9(12)13-4-6-5(3-11)7-1-2-8(6)14-7/h5-8,11H,1-4H2. The van der Waals surface area contributed by atoms with Crippen LogP contribution in [0.15, 0.2) is 0 Å². The fourth-order valence-corrected chi connectivity index (χ4v) is 2.58. The molecule has 0 aliphatic carbocycles. The third kappa shape index (κ3) is 1.74. The van der Waals surface area contributed by atoms with Crippen LogP contribution >= 0.6 is 11.6 Å². The van der Waals surface area contributed by atoms with E-state index in [0.29, 0.717) is 0 Å². The van der Waals surface area contributed by atoms with Crippen molar-refractivity contribution in [2.75, 3.05) is 13.2 Å². The Labute approximate surface area is 87.1 Å². The lowest BCUT2D eigenvalue weighted by atomic mass is 9.80. The van der Waals surface area contributed by atoms with Crippen molar-refractivity contribution in [1.29, 1.82) is 0 Å². The average molecular weight is 221 g/mol. The summed E-state index contributed by atoms with van der Waals surface area (Å²) in [5.74, 6) is 0.214. The monoisotopic (exact) mass is 220 g/mol. The zero-order valence-electron chi connectivity index (χ0n) is 7.69. The van der Waals surface area contributed by atoms with Gasteiger partial charge in [-0.15, -0.1) is 0 Å². The minimum atomic E-state index is -0.788. The van der Waals surface area contributed by atoms with Crippen LogP contribution in [-0.2, 0) is 9.47 Å². The van der Waals surface area contributed by atoms with E-state index in [-0.39, 0.29) is 37.3 Å². The number of hydrogen-bond acceptors (Lipinski definition) is 4. The van der Waals surface area contributed by atoms with E-state index in [1.807, 2.05) is 0 Å². The summed E-state index contributed by atoms with van der Waals surface area (Å²) in [6.07, 6.45) is 2.27. The SMILES string of the molecule is O=C(Cl)OCC1C2CCC(O2)C1CO. The number of hydrogen-bond donors (Lipinski definition) is 1. The van der Waals surface area contributed by atoms with Crippen molar-refractivity contribution in [2.45, 2.75) is 25.0 Å². The maximum atomic E-state index is 10.4. The van der Waals surface area contributed by atoms with Crippen LogP contribution in [-0.4, -0.2) is 36.0 Å². The topological polar surface area (TPSA) is 55.8 Å². The van der Waals surface area contributed by atoms with E-state index in [4.69, 9.17) is 21.1 Å². The largest absolute Gasteiger partial charge is 0.453 e. The number of ether oxygens (including phenoxy) is 2. The molecule has 80 valence electrons. The Morgan fingerprint density at radius 2 is 2.07 bits per heavy atom. The van der Waals surface area contributed by atoms with Gasteiger partial charge in [-0.3, -0.25) is 0 Å². The van der Waals surface area contributed by atoms with Gasteiger partial charge >= 0.3 is 5.43 Å². The minimum Gasteiger partial charge on any atom is -0.453 e. The van der Waals surface area contributed by atoms with Gasteiger partial charge in [-0.2, -0.15) is 0 Å². The van der Waals surface area contributed by atoms with E-state index in [9.17, 15) is 9.90 Å². The Balaban J connectivity index is 1.93. The normalized spacial score (nSPS) is 40.1. The van der Waals surface area contributed by atoms with Crippen LogP contribution in [0.3, 0.4) is 0 Å². The smallest absolute Gasteiger partial charge is 0.403 e. The van der Waals surface area contributed by atoms with Crippen molar-refractivity contribution >= 4 is 17.0 Å². The first-order chi connectivity index (χ1) is 6.72. The van der Waals surface area contributed by atoms with Crippen molar-refractivity contribution in [3.63, 3.8) is 0 Å². The lowest BCUT2D eigenvalue weighted by molar-refractivity contribution is 0.0746. The highest BCUT2D eigenvalue weighted by atomic mass is 35.5. The molecule has 2 heterocycles. The summed E-state index contributed by atoms with van der Waals surface area (Å²) < 4.78 is 10.4. The van der Waals surface area contributed by atoms with Crippen molar-refractivity contribution in [3.05, 3.63) is 0 Å². The van der Waals surface area contributed by atoms with Gasteiger partial charge in [-0.1, -0.05) is 0 Å². The average Bonchev–Trinajstić information content (AvgIpc) is 2.72. The second-order valence-electron chi connectivity index (χ2n) is 3.85. The van der Waals surface area contributed by atoms with Gasteiger partial charge in [0, 0.05) is 30.0 Å². The summed E-state index contributed by atoms with van der Waals surface area (Å²) in [6, 6.07) is 0. The van der Waals surface area contributed by atoms with E-state index >= 15 is 0 Å². The highest BCUT2D eigenvalue weighted by Crippen LogP contribution is 2.43. The predicted octanol–water partition coefficient (Wildman–Crippen LogP) is 1.15. The first kappa shape index (κ1) is 10.2. The molecule has 2 saturated heterocycles. The molecule has 2 aliphatic rings. The van der Waals surface area contributed by atoms with Crippen LogP contribution in [0.1, 0.15) is 12.8 Å². The zero-order chi connectivity index (χ0) is 10.1. The van der Waals surface area contributed by atoms with Crippen LogP contribution in [0.5, 0.6) is 0 Å². The van der Waals surface area contributed by atoms with Crippen molar-refractivity contribution in [3.8, 4) is 0 Å². The van der Waals surface area contributed by atoms with Gasteiger partial charge in [-0.05, 0) is 12.8 Å². The lowest BCUT2D eigenvalue weighted by Gasteiger charge is -2.25. The molecular weight excluding hydrogens is 208 g/mol. The zero-order valence-corrected chi connectivity index (χ0v) is 8.44. The van der Waals surface area contributed by atoms with Gasteiger partial charge in [0.15, 0.2) is 0 Å². The molecule has 0 amide bonds. The Bertz CT molecular complexity index is 233. The third-order valence-corrected chi connectivity index (χ3v) is 3.30. The molecule has 2 bridgehead atoms. The van der Waals surface area contributed by atoms with E-state index < -0.39 is 5.43 Å². The minimum absolute atomic E-state index is 0.0890. The number of aliphatic hydroxyl groups excluding tert-OH is 1. The molecule has 4 nitrogen and oxygen atoms in total. The molecular formula is C9H13ClO4. The van der Waals surface area contributed by atoms with Crippen molar-refractivity contribution in [1.82, 2.24) is 0 Å². The molecule has 0 spiro atoms. The van der Waals surface area contributed by atoms with Gasteiger partial charge in [0.25, 0.3) is 0 Å². The molecule has 0 aromatic carbocycles. The molecule has 0 saturated carbocycles. The first-order valence-corrected chi connectivity index (χ1v) is 5.18. The summed E-state index contributed by atoms with van der Waals surface area (Å²) in [5.41, 5.74) is -0.788. The van der Waals surface area contributed by atoms with Gasteiger partial charge in [0.2, 0.25) is 0 Å². The first-order valence-electron chi connectivity index (χ1n) is 4.81. The van der Waals surface area contributed by atoms with Crippen LogP contribution < -0.4 is 0 Å². The predicted molar refractivity (Wildman–Crippen MR) is 49.2 cm³/mol. The van der Waals surface area contributed by atoms with Gasteiger partial charge in [0.1, 0.15) is 0 Å². The third-order valence-electron chi connectivity index (χ3n) is 3.19. The summed E-state index contributed by atoms with van der Waals surface area (Å²) in [6.45, 7) is 0.348. The molecule has 0 aromatic rings. The Morgan fingerprint density at radius 1 is 1.43 bits per heavy atom. The Kier molecular flexibility index (Phi) is 2.95. The number of carbonyl (C=O) groups is 1. The van der Waals surface area contributed by atoms with Gasteiger partial charge < -0.3 is 14.6 Å². The number of aliphatic hydroxyl groups is 1. The number of fused-ring (bicyclic) bond motifs is 2. The molecule has 2 aliphatic heterocycles. The molecule has 1 N–H and O–H groups in total. The van der Waals surface area contributed by atoms with Gasteiger partial charge in [0.05, 0.1) is 18.8 Å². The molecule has 5 heteroatoms. The second-order valence-corrected chi connectivity index (χ2v) is 4.16. The van der Waals surface area contributed by atoms with Crippen molar-refractivity contribution in [2.24, 2.45) is 11.8 Å².